The van der Waals surface area contributed by atoms with Gasteiger partial charge in [-0.25, -0.2) is 0 Å². The molecule has 2 amide bonds. The third-order valence-electron chi connectivity index (χ3n) is 4.83. The fraction of sp³-hybridized carbons (Fsp3) is 0.444. The van der Waals surface area contributed by atoms with Crippen molar-refractivity contribution in [2.24, 2.45) is 5.92 Å². The third-order valence-corrected chi connectivity index (χ3v) is 6.54. The Balaban J connectivity index is 1.40. The summed E-state index contributed by atoms with van der Waals surface area (Å²) in [6.45, 7) is 1.01. The Morgan fingerprint density at radius 2 is 2.08 bits per heavy atom. The van der Waals surface area contributed by atoms with Crippen molar-refractivity contribution >= 4 is 44.8 Å². The summed E-state index contributed by atoms with van der Waals surface area (Å²) in [5, 5.41) is 4.78. The van der Waals surface area contributed by atoms with E-state index in [1.54, 1.807) is 11.3 Å². The molecule has 126 valence electrons. The molecule has 1 aromatic carbocycles. The van der Waals surface area contributed by atoms with Crippen molar-refractivity contribution in [3.8, 4) is 0 Å². The van der Waals surface area contributed by atoms with E-state index in [1.807, 2.05) is 29.2 Å². The van der Waals surface area contributed by atoms with Crippen molar-refractivity contribution < 1.29 is 9.59 Å². The molecule has 1 atom stereocenters. The first kappa shape index (κ1) is 15.9. The quantitative estimate of drug-likeness (QED) is 0.903. The average Bonchev–Trinajstić information content (AvgIpc) is 3.38. The number of likely N-dealkylation sites (tertiary alicyclic amines) is 1. The average molecular weight is 363 g/mol. The van der Waals surface area contributed by atoms with Crippen LogP contribution in [0.25, 0.3) is 10.1 Å². The molecular weight excluding hydrogens is 344 g/mol. The van der Waals surface area contributed by atoms with Crippen LogP contribution in [0.5, 0.6) is 0 Å². The number of amides is 2. The van der Waals surface area contributed by atoms with E-state index in [0.29, 0.717) is 32.0 Å². The maximum absolute atomic E-state index is 12.5. The van der Waals surface area contributed by atoms with Crippen LogP contribution in [0.1, 0.15) is 30.6 Å². The smallest absolute Gasteiger partial charge is 0.225 e. The molecule has 24 heavy (non-hydrogen) atoms. The van der Waals surface area contributed by atoms with E-state index in [-0.39, 0.29) is 17.7 Å². The Morgan fingerprint density at radius 1 is 1.29 bits per heavy atom. The van der Waals surface area contributed by atoms with Gasteiger partial charge in [0.25, 0.3) is 0 Å². The van der Waals surface area contributed by atoms with Gasteiger partial charge in [-0.1, -0.05) is 29.8 Å². The van der Waals surface area contributed by atoms with E-state index in [1.165, 1.54) is 0 Å². The molecule has 2 fully saturated rings. The van der Waals surface area contributed by atoms with E-state index < -0.39 is 0 Å². The number of nitrogens with one attached hydrogen (secondary N) is 1. The molecule has 0 spiro atoms. The number of carbonyl (C=O) groups is 2. The predicted octanol–water partition coefficient (Wildman–Crippen LogP) is 3.57. The van der Waals surface area contributed by atoms with Gasteiger partial charge in [0.15, 0.2) is 0 Å². The maximum Gasteiger partial charge on any atom is 0.225 e. The largest absolute Gasteiger partial charge is 0.351 e. The fourth-order valence-electron chi connectivity index (χ4n) is 3.31. The van der Waals surface area contributed by atoms with Crippen molar-refractivity contribution in [3.63, 3.8) is 0 Å². The molecule has 2 aromatic rings. The fourth-order valence-corrected chi connectivity index (χ4v) is 4.75. The monoisotopic (exact) mass is 362 g/mol. The van der Waals surface area contributed by atoms with E-state index in [4.69, 9.17) is 11.6 Å². The minimum Gasteiger partial charge on any atom is -0.351 e. The minimum absolute atomic E-state index is 0.0293. The van der Waals surface area contributed by atoms with Gasteiger partial charge >= 0.3 is 0 Å². The second-order valence-corrected chi connectivity index (χ2v) is 8.08. The molecular formula is C18H19ClN2O2S. The topological polar surface area (TPSA) is 49.4 Å². The van der Waals surface area contributed by atoms with Gasteiger partial charge in [0.2, 0.25) is 11.8 Å². The number of hydrogen-bond acceptors (Lipinski definition) is 3. The van der Waals surface area contributed by atoms with Crippen molar-refractivity contribution in [1.29, 1.82) is 0 Å². The number of piperidine rings is 1. The SMILES string of the molecule is O=C(NCc1sc2ccccc2c1Cl)C1CCC(=O)N(C2CC2)C1. The number of rotatable bonds is 4. The first-order chi connectivity index (χ1) is 11.6. The molecule has 4 nitrogen and oxygen atoms in total. The van der Waals surface area contributed by atoms with Gasteiger partial charge in [-0.15, -0.1) is 11.3 Å². The number of hydrogen-bond donors (Lipinski definition) is 1. The number of nitrogens with zero attached hydrogens (tertiary/aromatic N) is 1. The molecule has 1 aliphatic carbocycles. The van der Waals surface area contributed by atoms with Crippen LogP contribution in [-0.2, 0) is 16.1 Å². The van der Waals surface area contributed by atoms with Crippen LogP contribution in [0, 0.1) is 5.92 Å². The molecule has 1 aliphatic heterocycles. The summed E-state index contributed by atoms with van der Waals surface area (Å²) in [4.78, 5) is 27.3. The molecule has 0 radical (unpaired) electrons. The maximum atomic E-state index is 12.5. The van der Waals surface area contributed by atoms with Crippen LogP contribution in [0.2, 0.25) is 5.02 Å². The zero-order valence-corrected chi connectivity index (χ0v) is 14.8. The van der Waals surface area contributed by atoms with Gasteiger partial charge in [-0.2, -0.15) is 0 Å². The number of thiophene rings is 1. The minimum atomic E-state index is -0.101. The standard InChI is InChI=1S/C18H19ClN2O2S/c19-17-13-3-1-2-4-14(13)24-15(17)9-20-18(23)11-5-8-16(22)21(10-11)12-6-7-12/h1-4,11-12H,5-10H2,(H,20,23). The summed E-state index contributed by atoms with van der Waals surface area (Å²) in [5.41, 5.74) is 0. The molecule has 0 bridgehead atoms. The lowest BCUT2D eigenvalue weighted by Gasteiger charge is -2.32. The second-order valence-electron chi connectivity index (χ2n) is 6.57. The van der Waals surface area contributed by atoms with E-state index in [9.17, 15) is 9.59 Å². The van der Waals surface area contributed by atoms with Gasteiger partial charge in [-0.3, -0.25) is 9.59 Å². The van der Waals surface area contributed by atoms with E-state index in [2.05, 4.69) is 5.32 Å². The van der Waals surface area contributed by atoms with Gasteiger partial charge in [0.1, 0.15) is 0 Å². The highest BCUT2D eigenvalue weighted by Gasteiger charge is 2.38. The van der Waals surface area contributed by atoms with Gasteiger partial charge < -0.3 is 10.2 Å². The Hall–Kier alpha value is -1.59. The lowest BCUT2D eigenvalue weighted by atomic mass is 9.96. The lowest BCUT2D eigenvalue weighted by Crippen LogP contribution is -2.46. The third kappa shape index (κ3) is 3.03. The van der Waals surface area contributed by atoms with Crippen molar-refractivity contribution in [2.45, 2.75) is 38.3 Å². The molecule has 1 unspecified atom stereocenters. The van der Waals surface area contributed by atoms with Crippen LogP contribution in [0.4, 0.5) is 0 Å². The van der Waals surface area contributed by atoms with Crippen LogP contribution in [-0.4, -0.2) is 29.3 Å². The number of halogens is 1. The molecule has 1 aromatic heterocycles. The summed E-state index contributed by atoms with van der Waals surface area (Å²) < 4.78 is 1.13. The van der Waals surface area contributed by atoms with Gasteiger partial charge in [0.05, 0.1) is 17.5 Å². The number of carbonyl (C=O) groups excluding carboxylic acids is 2. The van der Waals surface area contributed by atoms with Crippen molar-refractivity contribution in [2.75, 3.05) is 6.54 Å². The van der Waals surface area contributed by atoms with Crippen molar-refractivity contribution in [1.82, 2.24) is 10.2 Å². The predicted molar refractivity (Wildman–Crippen MR) is 96.1 cm³/mol. The number of benzene rings is 1. The highest BCUT2D eigenvalue weighted by atomic mass is 35.5. The zero-order chi connectivity index (χ0) is 16.7. The van der Waals surface area contributed by atoms with Gasteiger partial charge in [0, 0.05) is 34.0 Å². The molecule has 4 rings (SSSR count). The summed E-state index contributed by atoms with van der Waals surface area (Å²) in [5.74, 6) is 0.132. The molecule has 6 heteroatoms. The van der Waals surface area contributed by atoms with E-state index in [0.717, 1.165) is 32.8 Å². The first-order valence-corrected chi connectivity index (χ1v) is 9.56. The first-order valence-electron chi connectivity index (χ1n) is 8.36. The molecule has 1 saturated heterocycles. The molecule has 1 N–H and O–H groups in total. The normalized spacial score (nSPS) is 21.3. The highest BCUT2D eigenvalue weighted by molar-refractivity contribution is 7.19. The Labute approximate surface area is 149 Å². The van der Waals surface area contributed by atoms with Crippen LogP contribution < -0.4 is 5.32 Å². The van der Waals surface area contributed by atoms with Crippen LogP contribution in [0.15, 0.2) is 24.3 Å². The summed E-state index contributed by atoms with van der Waals surface area (Å²) in [6.07, 6.45) is 3.29. The second kappa shape index (κ2) is 6.37. The highest BCUT2D eigenvalue weighted by Crippen LogP contribution is 2.35. The lowest BCUT2D eigenvalue weighted by molar-refractivity contribution is -0.138. The van der Waals surface area contributed by atoms with Gasteiger partial charge in [-0.05, 0) is 25.3 Å². The molecule has 2 heterocycles. The summed E-state index contributed by atoms with van der Waals surface area (Å²) in [6, 6.07) is 8.37. The van der Waals surface area contributed by atoms with Crippen LogP contribution >= 0.6 is 22.9 Å². The molecule has 1 saturated carbocycles. The molecule has 2 aliphatic rings. The Morgan fingerprint density at radius 3 is 2.83 bits per heavy atom. The van der Waals surface area contributed by atoms with Crippen molar-refractivity contribution in [3.05, 3.63) is 34.2 Å². The van der Waals surface area contributed by atoms with E-state index >= 15 is 0 Å². The number of fused-ring (bicyclic) bond motifs is 1. The Bertz CT molecular complexity index is 799. The summed E-state index contributed by atoms with van der Waals surface area (Å²) in [7, 11) is 0. The Kier molecular flexibility index (Phi) is 4.22. The zero-order valence-electron chi connectivity index (χ0n) is 13.3. The van der Waals surface area contributed by atoms with Crippen LogP contribution in [0.3, 0.4) is 0 Å². The summed E-state index contributed by atoms with van der Waals surface area (Å²) >= 11 is 8.04.